The zero-order valence-electron chi connectivity index (χ0n) is 14.3. The molecule has 1 aliphatic rings. The highest BCUT2D eigenvalue weighted by Crippen LogP contribution is 2.14. The van der Waals surface area contributed by atoms with E-state index in [0.29, 0.717) is 12.8 Å². The monoisotopic (exact) mass is 341 g/mol. The van der Waals surface area contributed by atoms with Crippen molar-refractivity contribution in [1.29, 1.82) is 0 Å². The lowest BCUT2D eigenvalue weighted by Gasteiger charge is -2.33. The number of carbonyl (C=O) groups excluding carboxylic acids is 1. The first-order valence-corrected chi connectivity index (χ1v) is 8.84. The van der Waals surface area contributed by atoms with Crippen LogP contribution in [-0.4, -0.2) is 34.9 Å². The van der Waals surface area contributed by atoms with E-state index in [4.69, 9.17) is 0 Å². The summed E-state index contributed by atoms with van der Waals surface area (Å²) in [5.74, 6) is -0.214. The Hall–Kier alpha value is -2.27. The van der Waals surface area contributed by atoms with Crippen molar-refractivity contribution in [3.8, 4) is 0 Å². The average Bonchev–Trinajstić information content (AvgIpc) is 2.61. The van der Waals surface area contributed by atoms with Gasteiger partial charge < -0.3 is 5.32 Å². The van der Waals surface area contributed by atoms with Gasteiger partial charge in [0, 0.05) is 37.9 Å². The van der Waals surface area contributed by atoms with Gasteiger partial charge in [-0.05, 0) is 55.1 Å². The normalized spacial score (nSPS) is 18.0. The summed E-state index contributed by atoms with van der Waals surface area (Å²) < 4.78 is 13.2. The first-order valence-electron chi connectivity index (χ1n) is 8.84. The van der Waals surface area contributed by atoms with E-state index in [1.54, 1.807) is 12.3 Å². The van der Waals surface area contributed by atoms with E-state index >= 15 is 0 Å². The second-order valence-electron chi connectivity index (χ2n) is 6.63. The topological polar surface area (TPSA) is 45.2 Å². The highest BCUT2D eigenvalue weighted by molar-refractivity contribution is 5.76. The van der Waals surface area contributed by atoms with Gasteiger partial charge in [-0.1, -0.05) is 18.2 Å². The Balaban J connectivity index is 1.44. The zero-order chi connectivity index (χ0) is 17.5. The third-order valence-electron chi connectivity index (χ3n) is 4.53. The summed E-state index contributed by atoms with van der Waals surface area (Å²) in [7, 11) is 0. The quantitative estimate of drug-likeness (QED) is 0.879. The molecule has 2 heterocycles. The molecular formula is C20H24FN3O. The summed E-state index contributed by atoms with van der Waals surface area (Å²) in [4.78, 5) is 18.7. The maximum Gasteiger partial charge on any atom is 0.220 e. The summed E-state index contributed by atoms with van der Waals surface area (Å²) in [6, 6.07) is 10.7. The summed E-state index contributed by atoms with van der Waals surface area (Å²) in [6.45, 7) is 2.77. The molecule has 0 radical (unpaired) electrons. The summed E-state index contributed by atoms with van der Waals surface area (Å²) in [5, 5.41) is 3.13. The SMILES string of the molecule is O=C(CCc1cccc(F)c1)NC1CCCN(Cc2cccnc2)C1. The van der Waals surface area contributed by atoms with Crippen LogP contribution in [0.3, 0.4) is 0 Å². The number of amides is 1. The number of aryl methyl sites for hydroxylation is 1. The van der Waals surface area contributed by atoms with E-state index in [1.165, 1.54) is 17.7 Å². The third-order valence-corrected chi connectivity index (χ3v) is 4.53. The van der Waals surface area contributed by atoms with E-state index < -0.39 is 0 Å². The zero-order valence-corrected chi connectivity index (χ0v) is 14.3. The lowest BCUT2D eigenvalue weighted by molar-refractivity contribution is -0.122. The van der Waals surface area contributed by atoms with Gasteiger partial charge in [-0.3, -0.25) is 14.7 Å². The van der Waals surface area contributed by atoms with Crippen LogP contribution in [-0.2, 0) is 17.8 Å². The first-order chi connectivity index (χ1) is 12.2. The van der Waals surface area contributed by atoms with Crippen molar-refractivity contribution in [2.24, 2.45) is 0 Å². The predicted octanol–water partition coefficient (Wildman–Crippen LogP) is 2.93. The number of rotatable bonds is 6. The van der Waals surface area contributed by atoms with Crippen LogP contribution in [0.5, 0.6) is 0 Å². The molecule has 1 atom stereocenters. The maximum absolute atomic E-state index is 13.2. The van der Waals surface area contributed by atoms with Crippen molar-refractivity contribution < 1.29 is 9.18 Å². The Labute approximate surface area is 148 Å². The molecule has 0 aliphatic carbocycles. The summed E-state index contributed by atoms with van der Waals surface area (Å²) >= 11 is 0. The van der Waals surface area contributed by atoms with Crippen molar-refractivity contribution in [1.82, 2.24) is 15.2 Å². The number of piperidine rings is 1. The highest BCUT2D eigenvalue weighted by atomic mass is 19.1. The molecule has 4 nitrogen and oxygen atoms in total. The number of likely N-dealkylation sites (tertiary alicyclic amines) is 1. The number of hydrogen-bond donors (Lipinski definition) is 1. The average molecular weight is 341 g/mol. The maximum atomic E-state index is 13.2. The Morgan fingerprint density at radius 1 is 1.28 bits per heavy atom. The second-order valence-corrected chi connectivity index (χ2v) is 6.63. The largest absolute Gasteiger partial charge is 0.352 e. The molecule has 1 aromatic heterocycles. The number of halogens is 1. The smallest absolute Gasteiger partial charge is 0.220 e. The van der Waals surface area contributed by atoms with Crippen LogP contribution >= 0.6 is 0 Å². The molecule has 1 aromatic carbocycles. The molecule has 2 aromatic rings. The van der Waals surface area contributed by atoms with Gasteiger partial charge in [0.25, 0.3) is 0 Å². The highest BCUT2D eigenvalue weighted by Gasteiger charge is 2.21. The van der Waals surface area contributed by atoms with E-state index in [0.717, 1.165) is 38.0 Å². The summed E-state index contributed by atoms with van der Waals surface area (Å²) in [5.41, 5.74) is 2.05. The van der Waals surface area contributed by atoms with Crippen LogP contribution in [0.1, 0.15) is 30.4 Å². The van der Waals surface area contributed by atoms with Crippen molar-refractivity contribution in [2.75, 3.05) is 13.1 Å². The van der Waals surface area contributed by atoms with Gasteiger partial charge in [0.05, 0.1) is 0 Å². The molecule has 0 saturated carbocycles. The van der Waals surface area contributed by atoms with Crippen molar-refractivity contribution in [3.63, 3.8) is 0 Å². The van der Waals surface area contributed by atoms with E-state index in [-0.39, 0.29) is 17.8 Å². The third kappa shape index (κ3) is 5.64. The number of pyridine rings is 1. The van der Waals surface area contributed by atoms with E-state index in [1.807, 2.05) is 18.3 Å². The molecular weight excluding hydrogens is 317 g/mol. The number of nitrogens with one attached hydrogen (secondary N) is 1. The molecule has 1 N–H and O–H groups in total. The van der Waals surface area contributed by atoms with Gasteiger partial charge >= 0.3 is 0 Å². The number of aromatic nitrogens is 1. The molecule has 1 fully saturated rings. The molecule has 0 spiro atoms. The minimum atomic E-state index is -0.253. The van der Waals surface area contributed by atoms with Crippen LogP contribution in [0.15, 0.2) is 48.8 Å². The number of carbonyl (C=O) groups is 1. The molecule has 25 heavy (non-hydrogen) atoms. The van der Waals surface area contributed by atoms with Gasteiger partial charge in [0.2, 0.25) is 5.91 Å². The van der Waals surface area contributed by atoms with E-state index in [9.17, 15) is 9.18 Å². The Bertz CT molecular complexity index is 692. The van der Waals surface area contributed by atoms with Crippen LogP contribution in [0.2, 0.25) is 0 Å². The van der Waals surface area contributed by atoms with Gasteiger partial charge in [-0.15, -0.1) is 0 Å². The van der Waals surface area contributed by atoms with Gasteiger partial charge in [-0.25, -0.2) is 4.39 Å². The first kappa shape index (κ1) is 17.5. The van der Waals surface area contributed by atoms with Crippen LogP contribution in [0, 0.1) is 5.82 Å². The predicted molar refractivity (Wildman–Crippen MR) is 95.4 cm³/mol. The standard InChI is InChI=1S/C20H24FN3O/c21-18-6-1-4-16(12-18)8-9-20(25)23-19-7-3-11-24(15-19)14-17-5-2-10-22-13-17/h1-2,4-6,10,12-13,19H,3,7-9,11,14-15H2,(H,23,25). The lowest BCUT2D eigenvalue weighted by atomic mass is 10.0. The van der Waals surface area contributed by atoms with Gasteiger partial charge in [0.15, 0.2) is 0 Å². The minimum Gasteiger partial charge on any atom is -0.352 e. The van der Waals surface area contributed by atoms with E-state index in [2.05, 4.69) is 21.3 Å². The van der Waals surface area contributed by atoms with Crippen molar-refractivity contribution in [3.05, 3.63) is 65.7 Å². The Morgan fingerprint density at radius 2 is 2.16 bits per heavy atom. The molecule has 1 aliphatic heterocycles. The van der Waals surface area contributed by atoms with Gasteiger partial charge in [0.1, 0.15) is 5.82 Å². The molecule has 3 rings (SSSR count). The molecule has 0 bridgehead atoms. The van der Waals surface area contributed by atoms with Gasteiger partial charge in [-0.2, -0.15) is 0 Å². The molecule has 5 heteroatoms. The van der Waals surface area contributed by atoms with Crippen LogP contribution < -0.4 is 5.32 Å². The second kappa shape index (κ2) is 8.72. The van der Waals surface area contributed by atoms with Crippen LogP contribution in [0.4, 0.5) is 4.39 Å². The Kier molecular flexibility index (Phi) is 6.12. The number of benzene rings is 1. The fraction of sp³-hybridized carbons (Fsp3) is 0.400. The fourth-order valence-corrected chi connectivity index (χ4v) is 3.32. The molecule has 1 amide bonds. The number of nitrogens with zero attached hydrogens (tertiary/aromatic N) is 2. The molecule has 1 saturated heterocycles. The molecule has 132 valence electrons. The fourth-order valence-electron chi connectivity index (χ4n) is 3.32. The molecule has 1 unspecified atom stereocenters. The Morgan fingerprint density at radius 3 is 2.96 bits per heavy atom. The van der Waals surface area contributed by atoms with Crippen molar-refractivity contribution in [2.45, 2.75) is 38.3 Å². The number of hydrogen-bond acceptors (Lipinski definition) is 3. The van der Waals surface area contributed by atoms with Crippen molar-refractivity contribution >= 4 is 5.91 Å². The minimum absolute atomic E-state index is 0.0393. The summed E-state index contributed by atoms with van der Waals surface area (Å²) in [6.07, 6.45) is 6.71. The van der Waals surface area contributed by atoms with Crippen LogP contribution in [0.25, 0.3) is 0 Å². The lowest BCUT2D eigenvalue weighted by Crippen LogP contribution is -2.47.